The second-order valence-electron chi connectivity index (χ2n) is 5.44. The van der Waals surface area contributed by atoms with Crippen LogP contribution in [-0.4, -0.2) is 23.1 Å². The lowest BCUT2D eigenvalue weighted by molar-refractivity contribution is 0.347. The summed E-state index contributed by atoms with van der Waals surface area (Å²) in [5.41, 5.74) is 2.16. The zero-order chi connectivity index (χ0) is 13.1. The molecule has 0 spiro atoms. The molecular weight excluding hydrogens is 258 g/mol. The summed E-state index contributed by atoms with van der Waals surface area (Å²) in [7, 11) is 0. The molecule has 3 nitrogen and oxygen atoms in total. The number of piperidine rings is 1. The van der Waals surface area contributed by atoms with Crippen molar-refractivity contribution >= 4 is 22.6 Å². The van der Waals surface area contributed by atoms with E-state index in [1.165, 1.54) is 44.5 Å². The molecule has 102 valence electrons. The van der Waals surface area contributed by atoms with Gasteiger partial charge >= 0.3 is 0 Å². The van der Waals surface area contributed by atoms with Gasteiger partial charge in [0, 0.05) is 17.3 Å². The van der Waals surface area contributed by atoms with Crippen molar-refractivity contribution < 1.29 is 0 Å². The largest absolute Gasteiger partial charge is 0.343 e. The van der Waals surface area contributed by atoms with Crippen molar-refractivity contribution in [2.24, 2.45) is 5.92 Å². The second kappa shape index (κ2) is 5.93. The van der Waals surface area contributed by atoms with E-state index < -0.39 is 0 Å². The Labute approximate surface area is 118 Å². The van der Waals surface area contributed by atoms with Gasteiger partial charge in [0.05, 0.1) is 5.02 Å². The molecule has 0 aliphatic carbocycles. The van der Waals surface area contributed by atoms with Crippen LogP contribution in [0.4, 0.5) is 0 Å². The maximum atomic E-state index is 6.16. The molecule has 1 aliphatic heterocycles. The van der Waals surface area contributed by atoms with Gasteiger partial charge in [0.1, 0.15) is 5.65 Å². The summed E-state index contributed by atoms with van der Waals surface area (Å²) in [5.74, 6) is 0.910. The van der Waals surface area contributed by atoms with Gasteiger partial charge in [-0.15, -0.1) is 0 Å². The number of hydrogen-bond donors (Lipinski definition) is 2. The van der Waals surface area contributed by atoms with Gasteiger partial charge in [-0.3, -0.25) is 0 Å². The first kappa shape index (κ1) is 12.9. The molecule has 2 aromatic heterocycles. The topological polar surface area (TPSA) is 40.7 Å². The van der Waals surface area contributed by atoms with E-state index in [2.05, 4.69) is 21.4 Å². The maximum Gasteiger partial charge on any atom is 0.138 e. The summed E-state index contributed by atoms with van der Waals surface area (Å²) in [4.78, 5) is 7.68. The zero-order valence-corrected chi connectivity index (χ0v) is 11.8. The number of halogens is 1. The van der Waals surface area contributed by atoms with Crippen molar-refractivity contribution in [3.63, 3.8) is 0 Å². The molecule has 0 aromatic carbocycles. The van der Waals surface area contributed by atoms with Crippen LogP contribution in [0.3, 0.4) is 0 Å². The van der Waals surface area contributed by atoms with Crippen molar-refractivity contribution in [3.8, 4) is 0 Å². The minimum absolute atomic E-state index is 0.783. The smallest absolute Gasteiger partial charge is 0.138 e. The number of nitrogens with one attached hydrogen (secondary N) is 2. The molecule has 3 rings (SSSR count). The molecule has 0 bridgehead atoms. The summed E-state index contributed by atoms with van der Waals surface area (Å²) in [6.07, 6.45) is 8.09. The predicted molar refractivity (Wildman–Crippen MR) is 79.6 cm³/mol. The molecule has 4 heteroatoms. The molecule has 3 heterocycles. The fourth-order valence-electron chi connectivity index (χ4n) is 2.94. The Bertz CT molecular complexity index is 543. The average molecular weight is 278 g/mol. The van der Waals surface area contributed by atoms with Crippen molar-refractivity contribution in [1.29, 1.82) is 0 Å². The van der Waals surface area contributed by atoms with Gasteiger partial charge in [-0.1, -0.05) is 11.6 Å². The maximum absolute atomic E-state index is 6.16. The summed E-state index contributed by atoms with van der Waals surface area (Å²) in [6, 6.07) is 3.99. The van der Waals surface area contributed by atoms with E-state index in [0.717, 1.165) is 28.4 Å². The first-order valence-corrected chi connectivity index (χ1v) is 7.53. The highest BCUT2D eigenvalue weighted by Gasteiger charge is 2.12. The highest BCUT2D eigenvalue weighted by molar-refractivity contribution is 6.35. The average Bonchev–Trinajstić information content (AvgIpc) is 2.84. The number of H-pyrrole nitrogens is 1. The van der Waals surface area contributed by atoms with Gasteiger partial charge in [0.15, 0.2) is 0 Å². The third-order valence-electron chi connectivity index (χ3n) is 4.05. The van der Waals surface area contributed by atoms with E-state index in [1.54, 1.807) is 6.20 Å². The van der Waals surface area contributed by atoms with Crippen LogP contribution in [-0.2, 0) is 6.42 Å². The highest BCUT2D eigenvalue weighted by Crippen LogP contribution is 2.24. The second-order valence-corrected chi connectivity index (χ2v) is 5.84. The van der Waals surface area contributed by atoms with E-state index >= 15 is 0 Å². The van der Waals surface area contributed by atoms with Crippen LogP contribution >= 0.6 is 11.6 Å². The van der Waals surface area contributed by atoms with Crippen molar-refractivity contribution in [2.45, 2.75) is 32.1 Å². The van der Waals surface area contributed by atoms with Gasteiger partial charge in [-0.25, -0.2) is 4.98 Å². The predicted octanol–water partition coefficient (Wildman–Crippen LogP) is 3.54. The van der Waals surface area contributed by atoms with Gasteiger partial charge in [-0.2, -0.15) is 0 Å². The first-order valence-electron chi connectivity index (χ1n) is 7.16. The summed E-state index contributed by atoms with van der Waals surface area (Å²) >= 11 is 6.16. The Hall–Kier alpha value is -1.06. The number of nitrogens with zero attached hydrogens (tertiary/aromatic N) is 1. The van der Waals surface area contributed by atoms with Crippen LogP contribution in [0.5, 0.6) is 0 Å². The number of pyridine rings is 1. The van der Waals surface area contributed by atoms with E-state index in [4.69, 9.17) is 11.6 Å². The molecule has 19 heavy (non-hydrogen) atoms. The first-order chi connectivity index (χ1) is 9.33. The molecule has 0 amide bonds. The minimum Gasteiger partial charge on any atom is -0.343 e. The number of fused-ring (bicyclic) bond motifs is 1. The normalized spacial score (nSPS) is 17.1. The number of rotatable bonds is 4. The molecule has 2 aromatic rings. The van der Waals surface area contributed by atoms with Gasteiger partial charge in [0.25, 0.3) is 0 Å². The van der Waals surface area contributed by atoms with Crippen LogP contribution in [0.25, 0.3) is 11.0 Å². The number of hydrogen-bond acceptors (Lipinski definition) is 2. The fraction of sp³-hybridized carbons (Fsp3) is 0.533. The summed E-state index contributed by atoms with van der Waals surface area (Å²) in [6.45, 7) is 2.38. The lowest BCUT2D eigenvalue weighted by Crippen LogP contribution is -2.27. The molecule has 2 N–H and O–H groups in total. The van der Waals surface area contributed by atoms with E-state index in [1.807, 2.05) is 6.07 Å². The Morgan fingerprint density at radius 3 is 2.95 bits per heavy atom. The third kappa shape index (κ3) is 3.10. The van der Waals surface area contributed by atoms with Crippen LogP contribution in [0.2, 0.25) is 5.02 Å². The molecular formula is C15H20ClN3. The van der Waals surface area contributed by atoms with E-state index in [-0.39, 0.29) is 0 Å². The third-order valence-corrected chi connectivity index (χ3v) is 4.38. The summed E-state index contributed by atoms with van der Waals surface area (Å²) < 4.78 is 0. The minimum atomic E-state index is 0.783. The van der Waals surface area contributed by atoms with Crippen LogP contribution < -0.4 is 5.32 Å². The SMILES string of the molecule is Clc1ccnc2[nH]c(CCCC3CCNCC3)cc12. The molecule has 0 radical (unpaired) electrons. The molecule has 1 aliphatic rings. The lowest BCUT2D eigenvalue weighted by atomic mass is 9.92. The fourth-order valence-corrected chi connectivity index (χ4v) is 3.14. The quantitative estimate of drug-likeness (QED) is 0.897. The number of aromatic nitrogens is 2. The zero-order valence-electron chi connectivity index (χ0n) is 11.1. The van der Waals surface area contributed by atoms with Gasteiger partial charge in [-0.05, 0) is 63.2 Å². The van der Waals surface area contributed by atoms with E-state index in [9.17, 15) is 0 Å². The Morgan fingerprint density at radius 2 is 2.16 bits per heavy atom. The molecule has 0 unspecified atom stereocenters. The van der Waals surface area contributed by atoms with Crippen LogP contribution in [0, 0.1) is 5.92 Å². The Kier molecular flexibility index (Phi) is 4.04. The Balaban J connectivity index is 1.57. The van der Waals surface area contributed by atoms with Gasteiger partial charge < -0.3 is 10.3 Å². The van der Waals surface area contributed by atoms with Crippen molar-refractivity contribution in [3.05, 3.63) is 29.0 Å². The van der Waals surface area contributed by atoms with Crippen LogP contribution in [0.1, 0.15) is 31.4 Å². The van der Waals surface area contributed by atoms with Crippen LogP contribution in [0.15, 0.2) is 18.3 Å². The summed E-state index contributed by atoms with van der Waals surface area (Å²) in [5, 5.41) is 5.24. The molecule has 1 saturated heterocycles. The lowest BCUT2D eigenvalue weighted by Gasteiger charge is -2.22. The highest BCUT2D eigenvalue weighted by atomic mass is 35.5. The number of aryl methyl sites for hydroxylation is 1. The molecule has 0 atom stereocenters. The molecule has 0 saturated carbocycles. The van der Waals surface area contributed by atoms with E-state index in [0.29, 0.717) is 0 Å². The van der Waals surface area contributed by atoms with Crippen molar-refractivity contribution in [1.82, 2.24) is 15.3 Å². The Morgan fingerprint density at radius 1 is 1.32 bits per heavy atom. The monoisotopic (exact) mass is 277 g/mol. The standard InChI is InChI=1S/C15H20ClN3/c16-14-6-9-18-15-13(14)10-12(19-15)3-1-2-11-4-7-17-8-5-11/h6,9-11,17H,1-5,7-8H2,(H,18,19). The van der Waals surface area contributed by atoms with Gasteiger partial charge in [0.2, 0.25) is 0 Å². The molecule has 1 fully saturated rings. The van der Waals surface area contributed by atoms with Crippen molar-refractivity contribution in [2.75, 3.05) is 13.1 Å². The number of aromatic amines is 1.